The van der Waals surface area contributed by atoms with Crippen molar-refractivity contribution in [1.29, 1.82) is 0 Å². The molecular weight excluding hydrogens is 422 g/mol. The fourth-order valence-corrected chi connectivity index (χ4v) is 2.74. The van der Waals surface area contributed by atoms with Gasteiger partial charge in [-0.2, -0.15) is 0 Å². The lowest BCUT2D eigenvalue weighted by molar-refractivity contribution is -0.0971. The molecule has 24 heavy (non-hydrogen) atoms. The predicted molar refractivity (Wildman–Crippen MR) is 106 cm³/mol. The number of aromatic nitrogens is 1. The molecule has 1 aliphatic heterocycles. The predicted octanol–water partition coefficient (Wildman–Crippen LogP) is 2.67. The Morgan fingerprint density at radius 2 is 2.17 bits per heavy atom. The lowest BCUT2D eigenvalue weighted by Crippen LogP contribution is -2.51. The van der Waals surface area contributed by atoms with Gasteiger partial charge in [0.2, 0.25) is 0 Å². The Morgan fingerprint density at radius 3 is 2.83 bits per heavy atom. The summed E-state index contributed by atoms with van der Waals surface area (Å²) in [6.45, 7) is 5.34. The van der Waals surface area contributed by atoms with E-state index in [1.54, 1.807) is 19.2 Å². The van der Waals surface area contributed by atoms with E-state index >= 15 is 0 Å². The zero-order valence-corrected chi connectivity index (χ0v) is 16.3. The molecule has 132 valence electrons. The number of hydrogen-bond acceptors (Lipinski definition) is 2. The number of halogens is 2. The molecule has 2 aromatic rings. The molecule has 1 fully saturated rings. The Hall–Kier alpha value is -1.35. The number of H-pyrrole nitrogens is 1. The van der Waals surface area contributed by atoms with Gasteiger partial charge >= 0.3 is 0 Å². The van der Waals surface area contributed by atoms with E-state index in [4.69, 9.17) is 4.74 Å². The zero-order valence-electron chi connectivity index (χ0n) is 14.0. The number of nitrogens with zero attached hydrogens (tertiary/aromatic N) is 1. The standard InChI is InChI=1S/C17H23FN4O.HI/c1-17(10-23-11-17)9-22-16(19-2)20-6-5-12-8-21-15-4-3-13(18)7-14(12)15;/h3-4,7-8,21H,5-6,9-11H2,1-2H3,(H2,19,20,22);1H. The second-order valence-electron chi connectivity index (χ2n) is 6.41. The summed E-state index contributed by atoms with van der Waals surface area (Å²) in [6.07, 6.45) is 2.74. The summed E-state index contributed by atoms with van der Waals surface area (Å²) < 4.78 is 18.6. The van der Waals surface area contributed by atoms with E-state index in [9.17, 15) is 4.39 Å². The Morgan fingerprint density at radius 1 is 1.38 bits per heavy atom. The number of nitrogens with one attached hydrogen (secondary N) is 3. The Balaban J connectivity index is 0.00000208. The van der Waals surface area contributed by atoms with E-state index < -0.39 is 0 Å². The van der Waals surface area contributed by atoms with Crippen molar-refractivity contribution in [3.63, 3.8) is 0 Å². The number of aromatic amines is 1. The van der Waals surface area contributed by atoms with Crippen LogP contribution in [0, 0.1) is 11.2 Å². The number of fused-ring (bicyclic) bond motifs is 1. The monoisotopic (exact) mass is 446 g/mol. The van der Waals surface area contributed by atoms with Crippen molar-refractivity contribution in [1.82, 2.24) is 15.6 Å². The van der Waals surface area contributed by atoms with Crippen LogP contribution in [0.2, 0.25) is 0 Å². The van der Waals surface area contributed by atoms with Crippen molar-refractivity contribution < 1.29 is 9.13 Å². The second-order valence-corrected chi connectivity index (χ2v) is 6.41. The molecule has 7 heteroatoms. The van der Waals surface area contributed by atoms with Crippen molar-refractivity contribution in [2.75, 3.05) is 33.4 Å². The molecule has 0 radical (unpaired) electrons. The minimum atomic E-state index is -0.209. The Kier molecular flexibility index (Phi) is 6.45. The molecule has 3 N–H and O–H groups in total. The van der Waals surface area contributed by atoms with Gasteiger partial charge in [0.25, 0.3) is 0 Å². The first-order valence-electron chi connectivity index (χ1n) is 7.87. The van der Waals surface area contributed by atoms with Crippen molar-refractivity contribution in [3.05, 3.63) is 35.8 Å². The van der Waals surface area contributed by atoms with Gasteiger partial charge in [-0.25, -0.2) is 4.39 Å². The zero-order chi connectivity index (χ0) is 16.3. The average molecular weight is 446 g/mol. The van der Waals surface area contributed by atoms with Gasteiger partial charge in [0, 0.05) is 42.7 Å². The molecule has 0 amide bonds. The van der Waals surface area contributed by atoms with Crippen LogP contribution in [-0.4, -0.2) is 44.3 Å². The summed E-state index contributed by atoms with van der Waals surface area (Å²) >= 11 is 0. The molecule has 0 aliphatic carbocycles. The second kappa shape index (κ2) is 8.15. The Labute approximate surface area is 158 Å². The number of ether oxygens (including phenoxy) is 1. The highest BCUT2D eigenvalue weighted by molar-refractivity contribution is 14.0. The smallest absolute Gasteiger partial charge is 0.191 e. The SMILES string of the molecule is CN=C(NCCc1c[nH]c2ccc(F)cc12)NCC1(C)COC1.I. The first kappa shape index (κ1) is 19.0. The molecule has 1 aromatic carbocycles. The summed E-state index contributed by atoms with van der Waals surface area (Å²) in [6, 6.07) is 4.81. The van der Waals surface area contributed by atoms with E-state index in [1.807, 2.05) is 6.20 Å². The van der Waals surface area contributed by atoms with Gasteiger partial charge in [-0.05, 0) is 30.2 Å². The van der Waals surface area contributed by atoms with Crippen LogP contribution in [-0.2, 0) is 11.2 Å². The third kappa shape index (κ3) is 4.38. The highest BCUT2D eigenvalue weighted by Gasteiger charge is 2.33. The first-order valence-corrected chi connectivity index (χ1v) is 7.87. The lowest BCUT2D eigenvalue weighted by Gasteiger charge is -2.38. The number of benzene rings is 1. The van der Waals surface area contributed by atoms with Gasteiger partial charge in [-0.1, -0.05) is 6.92 Å². The van der Waals surface area contributed by atoms with Gasteiger partial charge in [-0.3, -0.25) is 4.99 Å². The maximum absolute atomic E-state index is 13.4. The minimum Gasteiger partial charge on any atom is -0.380 e. The highest BCUT2D eigenvalue weighted by Crippen LogP contribution is 2.25. The van der Waals surface area contributed by atoms with Gasteiger partial charge in [0.15, 0.2) is 5.96 Å². The van der Waals surface area contributed by atoms with E-state index in [2.05, 4.69) is 27.5 Å². The van der Waals surface area contributed by atoms with E-state index in [-0.39, 0.29) is 35.2 Å². The summed E-state index contributed by atoms with van der Waals surface area (Å²) in [4.78, 5) is 7.40. The third-order valence-corrected chi connectivity index (χ3v) is 4.22. The molecule has 0 saturated carbocycles. The number of aliphatic imine (C=N–C) groups is 1. The minimum absolute atomic E-state index is 0. The molecule has 5 nitrogen and oxygen atoms in total. The van der Waals surface area contributed by atoms with E-state index in [0.717, 1.165) is 55.2 Å². The quantitative estimate of drug-likeness (QED) is 0.376. The fraction of sp³-hybridized carbons (Fsp3) is 0.471. The van der Waals surface area contributed by atoms with Crippen LogP contribution in [0.3, 0.4) is 0 Å². The summed E-state index contributed by atoms with van der Waals surface area (Å²) in [5.41, 5.74) is 2.26. The molecule has 0 unspecified atom stereocenters. The molecule has 2 heterocycles. The van der Waals surface area contributed by atoms with Crippen LogP contribution in [0.1, 0.15) is 12.5 Å². The maximum atomic E-state index is 13.4. The molecule has 3 rings (SSSR count). The maximum Gasteiger partial charge on any atom is 0.191 e. The third-order valence-electron chi connectivity index (χ3n) is 4.22. The van der Waals surface area contributed by atoms with Crippen LogP contribution in [0.4, 0.5) is 4.39 Å². The fourth-order valence-electron chi connectivity index (χ4n) is 2.74. The molecule has 1 aliphatic rings. The topological polar surface area (TPSA) is 61.4 Å². The van der Waals surface area contributed by atoms with Crippen LogP contribution in [0.25, 0.3) is 10.9 Å². The van der Waals surface area contributed by atoms with Crippen LogP contribution >= 0.6 is 24.0 Å². The summed E-state index contributed by atoms with van der Waals surface area (Å²) in [7, 11) is 1.76. The molecular formula is C17H24FIN4O. The van der Waals surface area contributed by atoms with Gasteiger partial charge in [0.1, 0.15) is 5.82 Å². The van der Waals surface area contributed by atoms with Crippen LogP contribution in [0.5, 0.6) is 0 Å². The summed E-state index contributed by atoms with van der Waals surface area (Å²) in [5.74, 6) is 0.573. The van der Waals surface area contributed by atoms with Crippen LogP contribution < -0.4 is 10.6 Å². The molecule has 0 bridgehead atoms. The first-order chi connectivity index (χ1) is 11.1. The van der Waals surface area contributed by atoms with Crippen LogP contribution in [0.15, 0.2) is 29.4 Å². The summed E-state index contributed by atoms with van der Waals surface area (Å²) in [5, 5.41) is 7.57. The van der Waals surface area contributed by atoms with Gasteiger partial charge < -0.3 is 20.4 Å². The number of guanidine groups is 1. The van der Waals surface area contributed by atoms with E-state index in [0.29, 0.717) is 0 Å². The largest absolute Gasteiger partial charge is 0.380 e. The van der Waals surface area contributed by atoms with Crippen molar-refractivity contribution in [3.8, 4) is 0 Å². The van der Waals surface area contributed by atoms with Crippen molar-refractivity contribution in [2.24, 2.45) is 10.4 Å². The normalized spacial score (nSPS) is 16.4. The number of hydrogen-bond donors (Lipinski definition) is 3. The number of rotatable bonds is 5. The van der Waals surface area contributed by atoms with Gasteiger partial charge in [-0.15, -0.1) is 24.0 Å². The molecule has 1 saturated heterocycles. The highest BCUT2D eigenvalue weighted by atomic mass is 127. The van der Waals surface area contributed by atoms with Crippen molar-refractivity contribution in [2.45, 2.75) is 13.3 Å². The van der Waals surface area contributed by atoms with E-state index in [1.165, 1.54) is 6.07 Å². The van der Waals surface area contributed by atoms with Crippen molar-refractivity contribution >= 4 is 40.8 Å². The molecule has 0 atom stereocenters. The Bertz CT molecular complexity index is 712. The molecule has 0 spiro atoms. The lowest BCUT2D eigenvalue weighted by atomic mass is 9.89. The van der Waals surface area contributed by atoms with Gasteiger partial charge in [0.05, 0.1) is 13.2 Å². The molecule has 1 aromatic heterocycles. The average Bonchev–Trinajstić information content (AvgIpc) is 2.91.